The van der Waals surface area contributed by atoms with E-state index < -0.39 is 8.80 Å². The number of allylic oxidation sites excluding steroid dienone is 1. The van der Waals surface area contributed by atoms with Crippen LogP contribution in [0.3, 0.4) is 0 Å². The van der Waals surface area contributed by atoms with Gasteiger partial charge in [0.25, 0.3) is 0 Å². The zero-order valence-corrected chi connectivity index (χ0v) is 11.8. The minimum Gasteiger partial charge on any atom is -0.147 e. The normalized spacial score (nSPS) is 17.8. The number of fused-ring (bicyclic) bond motifs is 1. The Hall–Kier alpha value is -0.533. The van der Waals surface area contributed by atoms with Crippen molar-refractivity contribution >= 4 is 27.3 Å². The largest absolute Gasteiger partial charge is 0.147 e. The highest BCUT2D eigenvalue weighted by Gasteiger charge is 2.23. The van der Waals surface area contributed by atoms with Gasteiger partial charge in [-0.05, 0) is 41.6 Å². The lowest BCUT2D eigenvalue weighted by molar-refractivity contribution is 1.15. The van der Waals surface area contributed by atoms with Crippen LogP contribution in [-0.2, 0) is 0 Å². The Morgan fingerprint density at radius 3 is 2.27 bits per heavy atom. The maximum absolute atomic E-state index is 2.44. The van der Waals surface area contributed by atoms with Gasteiger partial charge in [0.15, 0.2) is 0 Å². The molecular weight excluding hydrogens is 220 g/mol. The van der Waals surface area contributed by atoms with Crippen molar-refractivity contribution < 1.29 is 0 Å². The third-order valence-electron chi connectivity index (χ3n) is 3.24. The van der Waals surface area contributed by atoms with Gasteiger partial charge in [-0.2, -0.15) is 0 Å². The minimum atomic E-state index is -0.596. The number of hydrogen-bond donors (Lipinski definition) is 0. The Morgan fingerprint density at radius 2 is 1.67 bits per heavy atom. The summed E-state index contributed by atoms with van der Waals surface area (Å²) in [6.45, 7) is 9.33. The monoisotopic (exact) mass is 238 g/mol. The highest BCUT2D eigenvalue weighted by molar-refractivity contribution is 6.58. The predicted molar refractivity (Wildman–Crippen MR) is 73.8 cm³/mol. The number of hydrogen-bond acceptors (Lipinski definition) is 0. The summed E-state index contributed by atoms with van der Waals surface area (Å²) in [5.41, 5.74) is 6.79. The van der Waals surface area contributed by atoms with Crippen molar-refractivity contribution in [2.45, 2.75) is 32.5 Å². The van der Waals surface area contributed by atoms with Gasteiger partial charge >= 0.3 is 0 Å². The van der Waals surface area contributed by atoms with Gasteiger partial charge in [-0.3, -0.25) is 0 Å². The maximum Gasteiger partial charge on any atom is 0.0436 e. The average Bonchev–Trinajstić information content (AvgIpc) is 2.56. The van der Waals surface area contributed by atoms with Crippen LogP contribution in [0.4, 0.5) is 0 Å². The molecule has 1 aliphatic rings. The highest BCUT2D eigenvalue weighted by Crippen LogP contribution is 2.36. The van der Waals surface area contributed by atoms with Crippen molar-refractivity contribution in [2.75, 3.05) is 0 Å². The smallest absolute Gasteiger partial charge is 0.0436 e. The second-order valence-corrected chi connectivity index (χ2v) is 7.86. The Morgan fingerprint density at radius 1 is 1.07 bits per heavy atom. The van der Waals surface area contributed by atoms with Crippen LogP contribution in [0, 0.1) is 13.8 Å². The standard InChI is InChI=1S/C13H18Si.ClH/c1-9-5-6-10(2)13-11(9)7-8-12(13)14(3)4;/h5-8,12,14H,1-4H3;1H. The molecule has 0 heterocycles. The van der Waals surface area contributed by atoms with E-state index in [-0.39, 0.29) is 12.4 Å². The second kappa shape index (κ2) is 4.54. The lowest BCUT2D eigenvalue weighted by Gasteiger charge is -2.17. The van der Waals surface area contributed by atoms with Crippen molar-refractivity contribution in [3.05, 3.63) is 40.5 Å². The van der Waals surface area contributed by atoms with Crippen LogP contribution in [0.5, 0.6) is 0 Å². The van der Waals surface area contributed by atoms with Gasteiger partial charge in [-0.25, -0.2) is 0 Å². The summed E-state index contributed by atoms with van der Waals surface area (Å²) in [4.78, 5) is 0. The van der Waals surface area contributed by atoms with Crippen molar-refractivity contribution in [1.82, 2.24) is 0 Å². The zero-order valence-electron chi connectivity index (χ0n) is 9.87. The van der Waals surface area contributed by atoms with Crippen molar-refractivity contribution in [3.63, 3.8) is 0 Å². The Balaban J connectivity index is 0.00000112. The van der Waals surface area contributed by atoms with Gasteiger partial charge in [-0.15, -0.1) is 12.4 Å². The van der Waals surface area contributed by atoms with E-state index in [0.29, 0.717) is 0 Å². The Bertz CT molecular complexity index is 394. The van der Waals surface area contributed by atoms with E-state index in [9.17, 15) is 0 Å². The molecule has 0 amide bonds. The fourth-order valence-corrected chi connectivity index (χ4v) is 4.03. The molecule has 1 aliphatic carbocycles. The number of halogens is 1. The third kappa shape index (κ3) is 2.04. The van der Waals surface area contributed by atoms with Crippen molar-refractivity contribution in [2.24, 2.45) is 0 Å². The summed E-state index contributed by atoms with van der Waals surface area (Å²) in [6, 6.07) is 4.51. The molecule has 0 radical (unpaired) electrons. The van der Waals surface area contributed by atoms with E-state index in [1.807, 2.05) is 0 Å². The van der Waals surface area contributed by atoms with E-state index in [4.69, 9.17) is 0 Å². The third-order valence-corrected chi connectivity index (χ3v) is 5.24. The minimum absolute atomic E-state index is 0. The topological polar surface area (TPSA) is 0 Å². The molecule has 2 heteroatoms. The predicted octanol–water partition coefficient (Wildman–Crippen LogP) is 3.86. The number of aryl methyl sites for hydroxylation is 2. The van der Waals surface area contributed by atoms with Crippen molar-refractivity contribution in [3.8, 4) is 0 Å². The van der Waals surface area contributed by atoms with Gasteiger partial charge in [0.1, 0.15) is 0 Å². The van der Waals surface area contributed by atoms with Crippen LogP contribution in [-0.4, -0.2) is 8.80 Å². The van der Waals surface area contributed by atoms with Crippen LogP contribution in [0.15, 0.2) is 18.2 Å². The summed E-state index contributed by atoms with van der Waals surface area (Å²) in [6.07, 6.45) is 4.75. The fourth-order valence-electron chi connectivity index (χ4n) is 2.37. The van der Waals surface area contributed by atoms with Crippen LogP contribution >= 0.6 is 12.4 Å². The first-order valence-corrected chi connectivity index (χ1v) is 8.37. The Labute approximate surface area is 100 Å². The van der Waals surface area contributed by atoms with E-state index in [0.717, 1.165) is 5.54 Å². The average molecular weight is 239 g/mol. The molecule has 0 fully saturated rings. The zero-order chi connectivity index (χ0) is 10.3. The van der Waals surface area contributed by atoms with E-state index >= 15 is 0 Å². The van der Waals surface area contributed by atoms with E-state index in [1.165, 1.54) is 16.7 Å². The molecule has 0 nitrogen and oxygen atoms in total. The highest BCUT2D eigenvalue weighted by atomic mass is 35.5. The molecule has 0 spiro atoms. The molecule has 1 aromatic rings. The summed E-state index contributed by atoms with van der Waals surface area (Å²) in [5.74, 6) is 0. The molecule has 0 saturated carbocycles. The first-order chi connectivity index (χ1) is 6.61. The second-order valence-electron chi connectivity index (χ2n) is 4.66. The van der Waals surface area contributed by atoms with Gasteiger partial charge in [0.05, 0.1) is 0 Å². The molecule has 0 bridgehead atoms. The lowest BCUT2D eigenvalue weighted by Crippen LogP contribution is -2.13. The van der Waals surface area contributed by atoms with Gasteiger partial charge in [-0.1, -0.05) is 37.4 Å². The molecule has 1 atom stereocenters. The maximum atomic E-state index is 2.44. The van der Waals surface area contributed by atoms with Crippen LogP contribution in [0.1, 0.15) is 27.8 Å². The summed E-state index contributed by atoms with van der Waals surface area (Å²) in [5, 5.41) is 0. The van der Waals surface area contributed by atoms with Gasteiger partial charge < -0.3 is 0 Å². The van der Waals surface area contributed by atoms with E-state index in [1.54, 1.807) is 5.56 Å². The van der Waals surface area contributed by atoms with E-state index in [2.05, 4.69) is 51.2 Å². The molecule has 0 aliphatic heterocycles. The molecule has 1 unspecified atom stereocenters. The summed E-state index contributed by atoms with van der Waals surface area (Å²) < 4.78 is 0. The number of rotatable bonds is 1. The molecule has 0 aromatic heterocycles. The molecule has 15 heavy (non-hydrogen) atoms. The quantitative estimate of drug-likeness (QED) is 0.652. The van der Waals surface area contributed by atoms with Crippen molar-refractivity contribution in [1.29, 1.82) is 0 Å². The molecule has 0 N–H and O–H groups in total. The van der Waals surface area contributed by atoms with Crippen LogP contribution in [0.2, 0.25) is 13.1 Å². The first kappa shape index (κ1) is 12.5. The molecular formula is C13H19ClSi. The van der Waals surface area contributed by atoms with Gasteiger partial charge in [0, 0.05) is 8.80 Å². The fraction of sp³-hybridized carbons (Fsp3) is 0.385. The summed E-state index contributed by atoms with van der Waals surface area (Å²) in [7, 11) is -0.596. The molecule has 82 valence electrons. The molecule has 2 rings (SSSR count). The van der Waals surface area contributed by atoms with Gasteiger partial charge in [0.2, 0.25) is 0 Å². The molecule has 1 aromatic carbocycles. The SMILES string of the molecule is Cc1ccc(C)c2c1C=CC2[SiH](C)C.Cl. The van der Waals surface area contributed by atoms with Crippen LogP contribution < -0.4 is 0 Å². The number of benzene rings is 1. The lowest BCUT2D eigenvalue weighted by atomic mass is 9.99. The van der Waals surface area contributed by atoms with Crippen LogP contribution in [0.25, 0.3) is 6.08 Å². The first-order valence-electron chi connectivity index (χ1n) is 5.39. The summed E-state index contributed by atoms with van der Waals surface area (Å²) >= 11 is 0. The molecule has 0 saturated heterocycles. The Kier molecular flexibility index (Phi) is 3.80.